The molecule has 2 aromatic carbocycles. The lowest BCUT2D eigenvalue weighted by atomic mass is 9.94. The van der Waals surface area contributed by atoms with Gasteiger partial charge in [-0.25, -0.2) is 9.78 Å². The number of carbonyl (C=O) groups excluding carboxylic acids is 3. The highest BCUT2D eigenvalue weighted by Gasteiger charge is 2.48. The SMILES string of the molecule is CCc1ccc(C2/C(=C(\O)c3ccc(OCC(C)C)cc3)C(=O)C(=O)N2c2nc(C)c(C(=O)OC)s2)cc1. The molecule has 1 fully saturated rings. The lowest BCUT2D eigenvalue weighted by molar-refractivity contribution is -0.132. The van der Waals surface area contributed by atoms with Crippen molar-refractivity contribution in [2.75, 3.05) is 18.6 Å². The molecule has 1 aromatic heterocycles. The van der Waals surface area contributed by atoms with Gasteiger partial charge in [0.05, 0.1) is 31.0 Å². The molecular weight excluding hydrogens is 504 g/mol. The topological polar surface area (TPSA) is 106 Å². The molecule has 1 unspecified atom stereocenters. The van der Waals surface area contributed by atoms with E-state index in [4.69, 9.17) is 9.47 Å². The standard InChI is InChI=1S/C29H30N2O6S/c1-6-18-7-9-19(10-8-18)23-22(24(32)20-11-13-21(14-12-20)37-15-16(2)3)25(33)27(34)31(23)29-30-17(4)26(38-29)28(35)36-5/h7-14,16,23,32H,6,15H2,1-5H3/b24-22+. The molecule has 8 nitrogen and oxygen atoms in total. The Labute approximate surface area is 225 Å². The van der Waals surface area contributed by atoms with Crippen molar-refractivity contribution in [1.82, 2.24) is 4.98 Å². The van der Waals surface area contributed by atoms with Crippen LogP contribution in [0.15, 0.2) is 54.1 Å². The molecule has 1 atom stereocenters. The minimum absolute atomic E-state index is 0.0532. The zero-order valence-corrected chi connectivity index (χ0v) is 22.8. The number of esters is 1. The van der Waals surface area contributed by atoms with Crippen LogP contribution in [0.3, 0.4) is 0 Å². The number of hydrogen-bond acceptors (Lipinski definition) is 8. The molecule has 0 aliphatic carbocycles. The van der Waals surface area contributed by atoms with Crippen molar-refractivity contribution in [2.24, 2.45) is 5.92 Å². The van der Waals surface area contributed by atoms with Crippen LogP contribution in [-0.2, 0) is 20.7 Å². The van der Waals surface area contributed by atoms with Crippen LogP contribution in [-0.4, -0.2) is 41.5 Å². The Morgan fingerprint density at radius 1 is 1.11 bits per heavy atom. The van der Waals surface area contributed by atoms with E-state index in [9.17, 15) is 19.5 Å². The highest BCUT2D eigenvalue weighted by molar-refractivity contribution is 7.17. The predicted molar refractivity (Wildman–Crippen MR) is 146 cm³/mol. The fourth-order valence-corrected chi connectivity index (χ4v) is 5.19. The maximum atomic E-state index is 13.4. The second-order valence-electron chi connectivity index (χ2n) is 9.40. The number of aromatic nitrogens is 1. The molecule has 38 heavy (non-hydrogen) atoms. The Kier molecular flexibility index (Phi) is 7.97. The zero-order chi connectivity index (χ0) is 27.6. The minimum Gasteiger partial charge on any atom is -0.507 e. The van der Waals surface area contributed by atoms with Crippen molar-refractivity contribution in [3.05, 3.63) is 81.4 Å². The van der Waals surface area contributed by atoms with E-state index in [-0.39, 0.29) is 21.3 Å². The van der Waals surface area contributed by atoms with Crippen molar-refractivity contribution < 1.29 is 29.0 Å². The number of hydrogen-bond donors (Lipinski definition) is 1. The number of nitrogens with zero attached hydrogens (tertiary/aromatic N) is 2. The normalized spacial score (nSPS) is 16.8. The van der Waals surface area contributed by atoms with E-state index in [1.165, 1.54) is 12.0 Å². The largest absolute Gasteiger partial charge is 0.507 e. The van der Waals surface area contributed by atoms with Gasteiger partial charge in [0, 0.05) is 5.56 Å². The number of methoxy groups -OCH3 is 1. The first-order valence-electron chi connectivity index (χ1n) is 12.3. The van der Waals surface area contributed by atoms with Crippen molar-refractivity contribution in [1.29, 1.82) is 0 Å². The maximum Gasteiger partial charge on any atom is 0.350 e. The number of ketones is 1. The summed E-state index contributed by atoms with van der Waals surface area (Å²) in [5, 5.41) is 11.5. The van der Waals surface area contributed by atoms with Gasteiger partial charge in [0.25, 0.3) is 5.78 Å². The summed E-state index contributed by atoms with van der Waals surface area (Å²) in [5.74, 6) is -1.56. The molecule has 198 valence electrons. The number of ether oxygens (including phenoxy) is 2. The Balaban J connectivity index is 1.83. The Hall–Kier alpha value is -3.98. The van der Waals surface area contributed by atoms with Gasteiger partial charge in [-0.1, -0.05) is 56.4 Å². The number of rotatable bonds is 8. The molecule has 4 rings (SSSR count). The van der Waals surface area contributed by atoms with Crippen molar-refractivity contribution in [3.8, 4) is 5.75 Å². The Bertz CT molecular complexity index is 1390. The van der Waals surface area contributed by atoms with E-state index in [0.717, 1.165) is 23.3 Å². The van der Waals surface area contributed by atoms with Crippen LogP contribution in [0, 0.1) is 12.8 Å². The first-order valence-corrected chi connectivity index (χ1v) is 13.2. The van der Waals surface area contributed by atoms with E-state index in [1.54, 1.807) is 31.2 Å². The summed E-state index contributed by atoms with van der Waals surface area (Å²) < 4.78 is 10.6. The molecule has 0 saturated carbocycles. The molecule has 1 aliphatic heterocycles. The van der Waals surface area contributed by atoms with Crippen molar-refractivity contribution in [2.45, 2.75) is 40.2 Å². The average molecular weight is 535 g/mol. The second-order valence-corrected chi connectivity index (χ2v) is 10.4. The smallest absolute Gasteiger partial charge is 0.350 e. The monoisotopic (exact) mass is 534 g/mol. The van der Waals surface area contributed by atoms with Crippen LogP contribution < -0.4 is 9.64 Å². The van der Waals surface area contributed by atoms with E-state index in [1.807, 2.05) is 45.0 Å². The Morgan fingerprint density at radius 3 is 2.34 bits per heavy atom. The number of aliphatic hydroxyl groups excluding tert-OH is 1. The number of aryl methyl sites for hydroxylation is 2. The van der Waals surface area contributed by atoms with Crippen LogP contribution >= 0.6 is 11.3 Å². The summed E-state index contributed by atoms with van der Waals surface area (Å²) in [7, 11) is 1.27. The number of amides is 1. The van der Waals surface area contributed by atoms with Crippen LogP contribution in [0.25, 0.3) is 5.76 Å². The first kappa shape index (κ1) is 27.1. The van der Waals surface area contributed by atoms with E-state index in [2.05, 4.69) is 4.98 Å². The highest BCUT2D eigenvalue weighted by Crippen LogP contribution is 2.44. The number of anilines is 1. The molecule has 1 N–H and O–H groups in total. The summed E-state index contributed by atoms with van der Waals surface area (Å²) in [6.07, 6.45) is 0.819. The van der Waals surface area contributed by atoms with Crippen LogP contribution in [0.5, 0.6) is 5.75 Å². The molecular formula is C29H30N2O6S. The molecule has 0 spiro atoms. The van der Waals surface area contributed by atoms with Crippen LogP contribution in [0.1, 0.15) is 58.9 Å². The highest BCUT2D eigenvalue weighted by atomic mass is 32.1. The van der Waals surface area contributed by atoms with Gasteiger partial charge in [-0.15, -0.1) is 0 Å². The minimum atomic E-state index is -0.936. The number of aliphatic hydroxyl groups is 1. The fraction of sp³-hybridized carbons (Fsp3) is 0.310. The van der Waals surface area contributed by atoms with Crippen LogP contribution in [0.2, 0.25) is 0 Å². The predicted octanol–water partition coefficient (Wildman–Crippen LogP) is 5.46. The van der Waals surface area contributed by atoms with Gasteiger partial charge in [-0.05, 0) is 54.7 Å². The fourth-order valence-electron chi connectivity index (χ4n) is 4.18. The van der Waals surface area contributed by atoms with Gasteiger partial charge in [-0.3, -0.25) is 14.5 Å². The summed E-state index contributed by atoms with van der Waals surface area (Å²) in [4.78, 5) is 44.9. The second kappa shape index (κ2) is 11.2. The third kappa shape index (κ3) is 5.19. The maximum absolute atomic E-state index is 13.4. The summed E-state index contributed by atoms with van der Waals surface area (Å²) in [6, 6.07) is 13.3. The lowest BCUT2D eigenvalue weighted by Crippen LogP contribution is -2.29. The van der Waals surface area contributed by atoms with E-state index >= 15 is 0 Å². The first-order chi connectivity index (χ1) is 18.2. The molecule has 0 bridgehead atoms. The van der Waals surface area contributed by atoms with Crippen molar-refractivity contribution in [3.63, 3.8) is 0 Å². The van der Waals surface area contributed by atoms with Gasteiger partial charge in [0.15, 0.2) is 5.13 Å². The average Bonchev–Trinajstić information content (AvgIpc) is 3.43. The molecule has 2 heterocycles. The van der Waals surface area contributed by atoms with Crippen LogP contribution in [0.4, 0.5) is 5.13 Å². The zero-order valence-electron chi connectivity index (χ0n) is 22.0. The molecule has 0 radical (unpaired) electrons. The Morgan fingerprint density at radius 2 is 1.76 bits per heavy atom. The van der Waals surface area contributed by atoms with Gasteiger partial charge >= 0.3 is 11.9 Å². The summed E-state index contributed by atoms with van der Waals surface area (Å²) in [6.45, 7) is 8.30. The number of carbonyl (C=O) groups is 3. The summed E-state index contributed by atoms with van der Waals surface area (Å²) >= 11 is 0.967. The summed E-state index contributed by atoms with van der Waals surface area (Å²) in [5.41, 5.74) is 2.42. The van der Waals surface area contributed by atoms with E-state index < -0.39 is 23.7 Å². The van der Waals surface area contributed by atoms with Gasteiger partial charge in [0.1, 0.15) is 16.4 Å². The molecule has 1 amide bonds. The third-order valence-electron chi connectivity index (χ3n) is 6.22. The van der Waals surface area contributed by atoms with Gasteiger partial charge in [-0.2, -0.15) is 0 Å². The van der Waals surface area contributed by atoms with Gasteiger partial charge in [0.2, 0.25) is 0 Å². The lowest BCUT2D eigenvalue weighted by Gasteiger charge is -2.23. The number of thiazole rings is 1. The molecule has 3 aromatic rings. The molecule has 9 heteroatoms. The number of benzene rings is 2. The third-order valence-corrected chi connectivity index (χ3v) is 7.36. The quantitative estimate of drug-likeness (QED) is 0.177. The number of Topliss-reactive ketones (excluding diaryl/α,β-unsaturated/α-hetero) is 1. The molecule has 1 aliphatic rings. The molecule has 1 saturated heterocycles. The van der Waals surface area contributed by atoms with Gasteiger partial charge < -0.3 is 14.6 Å². The van der Waals surface area contributed by atoms with Crippen molar-refractivity contribution >= 4 is 39.9 Å². The van der Waals surface area contributed by atoms with E-state index in [0.29, 0.717) is 35.1 Å².